The molecule has 8 heteroatoms. The molecule has 1 aromatic rings. The predicted molar refractivity (Wildman–Crippen MR) is 81.6 cm³/mol. The van der Waals surface area contributed by atoms with Crippen LogP contribution < -0.4 is 4.90 Å². The molecule has 0 spiro atoms. The van der Waals surface area contributed by atoms with Crippen molar-refractivity contribution in [2.24, 2.45) is 0 Å². The van der Waals surface area contributed by atoms with Gasteiger partial charge in [-0.15, -0.1) is 0 Å². The molecule has 2 heterocycles. The number of ether oxygens (including phenoxy) is 1. The Kier molecular flexibility index (Phi) is 5.49. The number of aliphatic hydroxyl groups excluding tert-OH is 1. The molecule has 0 aliphatic carbocycles. The van der Waals surface area contributed by atoms with Gasteiger partial charge in [-0.1, -0.05) is 0 Å². The van der Waals surface area contributed by atoms with Crippen LogP contribution >= 0.6 is 15.9 Å². The number of pyridine rings is 1. The van der Waals surface area contributed by atoms with Crippen LogP contribution in [0.3, 0.4) is 0 Å². The first-order chi connectivity index (χ1) is 10.0. The van der Waals surface area contributed by atoms with Gasteiger partial charge < -0.3 is 14.7 Å². The molecule has 1 aliphatic heterocycles. The summed E-state index contributed by atoms with van der Waals surface area (Å²) in [5.74, 6) is 0.735. The van der Waals surface area contributed by atoms with Crippen LogP contribution in [0.25, 0.3) is 0 Å². The highest BCUT2D eigenvalue weighted by Gasteiger charge is 2.25. The van der Waals surface area contributed by atoms with Crippen molar-refractivity contribution in [3.63, 3.8) is 0 Å². The van der Waals surface area contributed by atoms with E-state index in [1.165, 1.54) is 6.20 Å². The number of halogens is 1. The molecule has 116 valence electrons. The molecule has 21 heavy (non-hydrogen) atoms. The summed E-state index contributed by atoms with van der Waals surface area (Å²) in [6, 6.07) is 0. The smallest absolute Gasteiger partial charge is 0.291 e. The summed E-state index contributed by atoms with van der Waals surface area (Å²) in [7, 11) is 0. The Balaban J connectivity index is 2.07. The molecule has 0 radical (unpaired) electrons. The molecule has 0 aromatic carbocycles. The van der Waals surface area contributed by atoms with Gasteiger partial charge in [-0.05, 0) is 35.7 Å². The minimum absolute atomic E-state index is 0.0202. The first kappa shape index (κ1) is 16.1. The summed E-state index contributed by atoms with van der Waals surface area (Å²) in [6.45, 7) is 3.67. The molecule has 1 aromatic heterocycles. The number of hydrogen-bond acceptors (Lipinski definition) is 6. The zero-order valence-electron chi connectivity index (χ0n) is 11.8. The highest BCUT2D eigenvalue weighted by atomic mass is 79.9. The fourth-order valence-corrected chi connectivity index (χ4v) is 2.97. The summed E-state index contributed by atoms with van der Waals surface area (Å²) >= 11 is 3.42. The maximum absolute atomic E-state index is 10.9. The number of anilines is 1. The lowest BCUT2D eigenvalue weighted by molar-refractivity contribution is -0.385. The molecule has 0 saturated carbocycles. The van der Waals surface area contributed by atoms with Gasteiger partial charge in [0.1, 0.15) is 12.0 Å². The zero-order chi connectivity index (χ0) is 15.4. The summed E-state index contributed by atoms with van der Waals surface area (Å²) in [4.78, 5) is 16.8. The number of nitrogens with zero attached hydrogens (tertiary/aromatic N) is 3. The summed E-state index contributed by atoms with van der Waals surface area (Å²) < 4.78 is 6.20. The van der Waals surface area contributed by atoms with E-state index >= 15 is 0 Å². The van der Waals surface area contributed by atoms with E-state index in [0.717, 1.165) is 31.7 Å². The van der Waals surface area contributed by atoms with Gasteiger partial charge in [-0.2, -0.15) is 0 Å². The first-order valence-corrected chi connectivity index (χ1v) is 7.60. The molecule has 0 amide bonds. The molecule has 0 atom stereocenters. The average Bonchev–Trinajstić information content (AvgIpc) is 2.48. The molecule has 7 nitrogen and oxygen atoms in total. The SMILES string of the molecule is Cc1c([N+](=O)[O-])cnc(N2CCC(OCCO)CC2)c1Br. The highest BCUT2D eigenvalue weighted by molar-refractivity contribution is 9.10. The number of rotatable bonds is 5. The van der Waals surface area contributed by atoms with E-state index in [9.17, 15) is 10.1 Å². The van der Waals surface area contributed by atoms with Crippen LogP contribution in [0.4, 0.5) is 11.5 Å². The largest absolute Gasteiger partial charge is 0.394 e. The van der Waals surface area contributed by atoms with Crippen LogP contribution in [0.5, 0.6) is 0 Å². The zero-order valence-corrected chi connectivity index (χ0v) is 13.4. The van der Waals surface area contributed by atoms with E-state index in [0.29, 0.717) is 16.6 Å². The standard InChI is InChI=1S/C13H18BrN3O4/c1-9-11(17(19)20)8-15-13(12(9)14)16-4-2-10(3-5-16)21-7-6-18/h8,10,18H,2-7H2,1H3. The van der Waals surface area contributed by atoms with Gasteiger partial charge >= 0.3 is 0 Å². The number of hydrogen-bond donors (Lipinski definition) is 1. The Labute approximate surface area is 131 Å². The van der Waals surface area contributed by atoms with Crippen molar-refractivity contribution >= 4 is 27.4 Å². The molecular weight excluding hydrogens is 342 g/mol. The van der Waals surface area contributed by atoms with Crippen LogP contribution in [0.15, 0.2) is 10.7 Å². The predicted octanol–water partition coefficient (Wildman–Crippen LogP) is 2.04. The third-order valence-corrected chi connectivity index (χ3v) is 4.55. The topological polar surface area (TPSA) is 88.7 Å². The van der Waals surface area contributed by atoms with E-state index in [2.05, 4.69) is 25.8 Å². The molecule has 1 saturated heterocycles. The van der Waals surface area contributed by atoms with Crippen molar-refractivity contribution in [1.29, 1.82) is 0 Å². The lowest BCUT2D eigenvalue weighted by atomic mass is 10.1. The maximum atomic E-state index is 10.9. The van der Waals surface area contributed by atoms with Gasteiger partial charge in [0.25, 0.3) is 5.69 Å². The van der Waals surface area contributed by atoms with Gasteiger partial charge in [-0.25, -0.2) is 4.98 Å². The normalized spacial score (nSPS) is 16.2. The molecule has 1 N–H and O–H groups in total. The van der Waals surface area contributed by atoms with E-state index in [-0.39, 0.29) is 18.4 Å². The second-order valence-corrected chi connectivity index (χ2v) is 5.74. The van der Waals surface area contributed by atoms with E-state index < -0.39 is 4.92 Å². The second-order valence-electron chi connectivity index (χ2n) is 4.94. The monoisotopic (exact) mass is 359 g/mol. The third kappa shape index (κ3) is 3.69. The van der Waals surface area contributed by atoms with Gasteiger partial charge in [0.15, 0.2) is 0 Å². The fourth-order valence-electron chi connectivity index (χ4n) is 2.41. The quantitative estimate of drug-likeness (QED) is 0.639. The van der Waals surface area contributed by atoms with Crippen molar-refractivity contribution in [3.8, 4) is 0 Å². The molecule has 0 bridgehead atoms. The maximum Gasteiger partial charge on any atom is 0.291 e. The van der Waals surface area contributed by atoms with Crippen LogP contribution in [0.2, 0.25) is 0 Å². The van der Waals surface area contributed by atoms with Crippen LogP contribution in [0, 0.1) is 17.0 Å². The number of aromatic nitrogens is 1. The van der Waals surface area contributed by atoms with Gasteiger partial charge in [0, 0.05) is 18.7 Å². The Bertz CT molecular complexity index is 518. The van der Waals surface area contributed by atoms with Crippen LogP contribution in [-0.4, -0.2) is 47.4 Å². The average molecular weight is 360 g/mol. The van der Waals surface area contributed by atoms with Crippen molar-refractivity contribution < 1.29 is 14.8 Å². The van der Waals surface area contributed by atoms with Gasteiger partial charge in [0.2, 0.25) is 0 Å². The van der Waals surface area contributed by atoms with Gasteiger partial charge in [0.05, 0.1) is 28.7 Å². The number of nitro groups is 1. The Hall–Kier alpha value is -1.25. The highest BCUT2D eigenvalue weighted by Crippen LogP contribution is 2.34. The Morgan fingerprint density at radius 1 is 1.57 bits per heavy atom. The van der Waals surface area contributed by atoms with E-state index in [1.807, 2.05) is 0 Å². The Morgan fingerprint density at radius 2 is 2.24 bits per heavy atom. The minimum atomic E-state index is -0.425. The lowest BCUT2D eigenvalue weighted by Gasteiger charge is -2.33. The molecule has 2 rings (SSSR count). The van der Waals surface area contributed by atoms with E-state index in [4.69, 9.17) is 9.84 Å². The number of aliphatic hydroxyl groups is 1. The minimum Gasteiger partial charge on any atom is -0.394 e. The first-order valence-electron chi connectivity index (χ1n) is 6.81. The van der Waals surface area contributed by atoms with Crippen molar-refractivity contribution in [1.82, 2.24) is 4.98 Å². The summed E-state index contributed by atoms with van der Waals surface area (Å²) in [6.07, 6.45) is 3.17. The van der Waals surface area contributed by atoms with Gasteiger partial charge in [-0.3, -0.25) is 10.1 Å². The molecule has 0 unspecified atom stereocenters. The molecule has 1 aliphatic rings. The molecular formula is C13H18BrN3O4. The molecule has 1 fully saturated rings. The lowest BCUT2D eigenvalue weighted by Crippen LogP contribution is -2.38. The second kappa shape index (κ2) is 7.15. The number of piperidine rings is 1. The van der Waals surface area contributed by atoms with E-state index in [1.54, 1.807) is 6.92 Å². The third-order valence-electron chi connectivity index (χ3n) is 3.60. The summed E-state index contributed by atoms with van der Waals surface area (Å²) in [5.41, 5.74) is 0.607. The van der Waals surface area contributed by atoms with Crippen LogP contribution in [-0.2, 0) is 4.74 Å². The van der Waals surface area contributed by atoms with Crippen molar-refractivity contribution in [2.45, 2.75) is 25.9 Å². The fraction of sp³-hybridized carbons (Fsp3) is 0.615. The van der Waals surface area contributed by atoms with Crippen molar-refractivity contribution in [3.05, 3.63) is 26.3 Å². The van der Waals surface area contributed by atoms with Crippen molar-refractivity contribution in [2.75, 3.05) is 31.2 Å². The summed E-state index contributed by atoms with van der Waals surface area (Å²) in [5, 5.41) is 19.7. The van der Waals surface area contributed by atoms with Crippen LogP contribution in [0.1, 0.15) is 18.4 Å². The Morgan fingerprint density at radius 3 is 2.81 bits per heavy atom.